The van der Waals surface area contributed by atoms with Gasteiger partial charge in [-0.25, -0.2) is 0 Å². The number of carbonyl (C=O) groups is 1. The van der Waals surface area contributed by atoms with E-state index < -0.39 is 0 Å². The normalized spacial score (nSPS) is 19.9. The number of benzene rings is 1. The lowest BCUT2D eigenvalue weighted by atomic mass is 10.1. The lowest BCUT2D eigenvalue weighted by Gasteiger charge is -2.14. The van der Waals surface area contributed by atoms with Gasteiger partial charge in [0.1, 0.15) is 6.04 Å². The highest BCUT2D eigenvalue weighted by Gasteiger charge is 2.19. The zero-order valence-electron chi connectivity index (χ0n) is 8.92. The fourth-order valence-corrected chi connectivity index (χ4v) is 2.01. The van der Waals surface area contributed by atoms with E-state index in [1.165, 1.54) is 11.1 Å². The van der Waals surface area contributed by atoms with Crippen molar-refractivity contribution in [1.82, 2.24) is 0 Å². The van der Waals surface area contributed by atoms with Gasteiger partial charge in [0, 0.05) is 5.69 Å². The van der Waals surface area contributed by atoms with Crippen molar-refractivity contribution in [2.75, 3.05) is 5.32 Å². The maximum absolute atomic E-state index is 11.2. The van der Waals surface area contributed by atoms with E-state index >= 15 is 0 Å². The minimum Gasteiger partial charge on any atom is -0.373 e. The van der Waals surface area contributed by atoms with Gasteiger partial charge < -0.3 is 11.1 Å². The Balaban J connectivity index is 2.31. The molecule has 3 N–H and O–H groups in total. The van der Waals surface area contributed by atoms with Crippen LogP contribution in [0, 0.1) is 6.92 Å². The highest BCUT2D eigenvalue weighted by molar-refractivity contribution is 5.83. The summed E-state index contributed by atoms with van der Waals surface area (Å²) in [7, 11) is 0. The first-order valence-electron chi connectivity index (χ1n) is 5.32. The summed E-state index contributed by atoms with van der Waals surface area (Å²) < 4.78 is 0. The molecular formula is C12H16N2O. The predicted octanol–water partition coefficient (Wildman–Crippen LogP) is 1.60. The number of aryl methyl sites for hydroxylation is 2. The number of carbonyl (C=O) groups excluding carboxylic acids is 1. The standard InChI is InChI=1S/C12H16N2O/c1-8-5-6-9-3-2-4-10(12(13)15)14-11(9)7-8/h5-7,10,14H,2-4H2,1H3,(H2,13,15). The molecule has 0 fully saturated rings. The number of nitrogens with one attached hydrogen (secondary N) is 1. The van der Waals surface area contributed by atoms with Crippen molar-refractivity contribution < 1.29 is 4.79 Å². The van der Waals surface area contributed by atoms with Gasteiger partial charge in [-0.15, -0.1) is 0 Å². The lowest BCUT2D eigenvalue weighted by Crippen LogP contribution is -2.34. The molecule has 0 bridgehead atoms. The molecule has 1 heterocycles. The Kier molecular flexibility index (Phi) is 2.62. The molecule has 1 aliphatic heterocycles. The summed E-state index contributed by atoms with van der Waals surface area (Å²) in [6.45, 7) is 2.05. The van der Waals surface area contributed by atoms with E-state index in [1.54, 1.807) is 0 Å². The molecule has 0 saturated heterocycles. The Labute approximate surface area is 89.7 Å². The smallest absolute Gasteiger partial charge is 0.239 e. The summed E-state index contributed by atoms with van der Waals surface area (Å²) in [5.74, 6) is -0.260. The Morgan fingerprint density at radius 2 is 2.33 bits per heavy atom. The Bertz CT molecular complexity index is 387. The SMILES string of the molecule is Cc1ccc2c(c1)NC(C(N)=O)CCC2. The first-order valence-corrected chi connectivity index (χ1v) is 5.32. The van der Waals surface area contributed by atoms with Gasteiger partial charge in [-0.05, 0) is 43.4 Å². The third-order valence-corrected chi connectivity index (χ3v) is 2.88. The van der Waals surface area contributed by atoms with Gasteiger partial charge in [-0.2, -0.15) is 0 Å². The molecule has 1 aromatic rings. The molecule has 15 heavy (non-hydrogen) atoms. The van der Waals surface area contributed by atoms with Crippen LogP contribution in [0.3, 0.4) is 0 Å². The molecule has 0 aromatic heterocycles. The zero-order valence-corrected chi connectivity index (χ0v) is 8.92. The van der Waals surface area contributed by atoms with Gasteiger partial charge >= 0.3 is 0 Å². The van der Waals surface area contributed by atoms with Gasteiger partial charge in [0.2, 0.25) is 5.91 Å². The topological polar surface area (TPSA) is 55.1 Å². The molecule has 1 aromatic carbocycles. The van der Waals surface area contributed by atoms with Gasteiger partial charge in [0.25, 0.3) is 0 Å². The summed E-state index contributed by atoms with van der Waals surface area (Å²) in [6.07, 6.45) is 2.85. The zero-order chi connectivity index (χ0) is 10.8. The summed E-state index contributed by atoms with van der Waals surface area (Å²) >= 11 is 0. The molecule has 0 spiro atoms. The largest absolute Gasteiger partial charge is 0.373 e. The molecule has 3 nitrogen and oxygen atoms in total. The maximum atomic E-state index is 11.2. The molecule has 1 atom stereocenters. The van der Waals surface area contributed by atoms with E-state index in [0.717, 1.165) is 24.9 Å². The van der Waals surface area contributed by atoms with Gasteiger partial charge in [0.05, 0.1) is 0 Å². The number of hydrogen-bond donors (Lipinski definition) is 2. The van der Waals surface area contributed by atoms with Crippen molar-refractivity contribution in [1.29, 1.82) is 0 Å². The first-order chi connectivity index (χ1) is 7.16. The molecule has 1 amide bonds. The van der Waals surface area contributed by atoms with Gasteiger partial charge in [-0.1, -0.05) is 12.1 Å². The van der Waals surface area contributed by atoms with Crippen molar-refractivity contribution in [3.05, 3.63) is 29.3 Å². The second-order valence-corrected chi connectivity index (χ2v) is 4.15. The summed E-state index contributed by atoms with van der Waals surface area (Å²) in [4.78, 5) is 11.2. The fourth-order valence-electron chi connectivity index (χ4n) is 2.01. The number of hydrogen-bond acceptors (Lipinski definition) is 2. The van der Waals surface area contributed by atoms with Crippen molar-refractivity contribution in [3.8, 4) is 0 Å². The van der Waals surface area contributed by atoms with Crippen LogP contribution in [0.5, 0.6) is 0 Å². The average molecular weight is 204 g/mol. The average Bonchev–Trinajstić information content (AvgIpc) is 2.39. The minimum absolute atomic E-state index is 0.215. The predicted molar refractivity (Wildman–Crippen MR) is 60.7 cm³/mol. The van der Waals surface area contributed by atoms with E-state index in [0.29, 0.717) is 0 Å². The third kappa shape index (κ3) is 2.12. The first kappa shape index (κ1) is 10.0. The molecule has 0 radical (unpaired) electrons. The van der Waals surface area contributed by atoms with Crippen LogP contribution in [-0.4, -0.2) is 11.9 Å². The van der Waals surface area contributed by atoms with Crippen molar-refractivity contribution in [3.63, 3.8) is 0 Å². The lowest BCUT2D eigenvalue weighted by molar-refractivity contribution is -0.118. The molecule has 80 valence electrons. The van der Waals surface area contributed by atoms with Crippen molar-refractivity contribution in [2.45, 2.75) is 32.2 Å². The van der Waals surface area contributed by atoms with E-state index in [2.05, 4.69) is 23.5 Å². The van der Waals surface area contributed by atoms with Crippen LogP contribution in [0.1, 0.15) is 24.0 Å². The van der Waals surface area contributed by atoms with Crippen molar-refractivity contribution >= 4 is 11.6 Å². The molecule has 0 aliphatic carbocycles. The molecule has 2 rings (SSSR count). The van der Waals surface area contributed by atoms with Crippen LogP contribution in [0.25, 0.3) is 0 Å². The Morgan fingerprint density at radius 3 is 3.07 bits per heavy atom. The third-order valence-electron chi connectivity index (χ3n) is 2.88. The summed E-state index contributed by atoms with van der Waals surface area (Å²) in [5, 5.41) is 3.23. The Morgan fingerprint density at radius 1 is 1.53 bits per heavy atom. The van der Waals surface area contributed by atoms with Crippen LogP contribution in [0.15, 0.2) is 18.2 Å². The van der Waals surface area contributed by atoms with E-state index in [9.17, 15) is 4.79 Å². The molecule has 1 aliphatic rings. The second-order valence-electron chi connectivity index (χ2n) is 4.15. The van der Waals surface area contributed by atoms with Gasteiger partial charge in [-0.3, -0.25) is 4.79 Å². The molecule has 0 saturated carbocycles. The number of anilines is 1. The molecule has 3 heteroatoms. The van der Waals surface area contributed by atoms with E-state index in [1.807, 2.05) is 6.92 Å². The van der Waals surface area contributed by atoms with Crippen LogP contribution < -0.4 is 11.1 Å². The molecule has 1 unspecified atom stereocenters. The minimum atomic E-state index is -0.260. The maximum Gasteiger partial charge on any atom is 0.239 e. The van der Waals surface area contributed by atoms with E-state index in [4.69, 9.17) is 5.73 Å². The summed E-state index contributed by atoms with van der Waals surface area (Å²) in [5.41, 5.74) is 8.88. The van der Waals surface area contributed by atoms with Crippen LogP contribution in [0.4, 0.5) is 5.69 Å². The summed E-state index contributed by atoms with van der Waals surface area (Å²) in [6, 6.07) is 6.09. The monoisotopic (exact) mass is 204 g/mol. The van der Waals surface area contributed by atoms with Crippen molar-refractivity contribution in [2.24, 2.45) is 5.73 Å². The Hall–Kier alpha value is -1.51. The number of rotatable bonds is 1. The highest BCUT2D eigenvalue weighted by atomic mass is 16.1. The highest BCUT2D eigenvalue weighted by Crippen LogP contribution is 2.24. The number of amides is 1. The number of primary amides is 1. The number of nitrogens with two attached hydrogens (primary N) is 1. The molecular weight excluding hydrogens is 188 g/mol. The van der Waals surface area contributed by atoms with Gasteiger partial charge in [0.15, 0.2) is 0 Å². The van der Waals surface area contributed by atoms with Crippen LogP contribution in [-0.2, 0) is 11.2 Å². The van der Waals surface area contributed by atoms with Crippen LogP contribution in [0.2, 0.25) is 0 Å². The van der Waals surface area contributed by atoms with Crippen LogP contribution >= 0.6 is 0 Å². The fraction of sp³-hybridized carbons (Fsp3) is 0.417. The van der Waals surface area contributed by atoms with E-state index in [-0.39, 0.29) is 11.9 Å². The second kappa shape index (κ2) is 3.93. The quantitative estimate of drug-likeness (QED) is 0.730. The number of fused-ring (bicyclic) bond motifs is 1.